The molecule has 2 aromatic heterocycles. The summed E-state index contributed by atoms with van der Waals surface area (Å²) >= 11 is 7.37. The maximum Gasteiger partial charge on any atom is 0.189 e. The number of nitrogens with zero attached hydrogens (tertiary/aromatic N) is 4. The quantitative estimate of drug-likeness (QED) is 0.410. The van der Waals surface area contributed by atoms with Gasteiger partial charge in [0.2, 0.25) is 0 Å². The monoisotopic (exact) mass is 424 g/mol. The van der Waals surface area contributed by atoms with Gasteiger partial charge < -0.3 is 0 Å². The highest BCUT2D eigenvalue weighted by Crippen LogP contribution is 2.36. The summed E-state index contributed by atoms with van der Waals surface area (Å²) in [5.41, 5.74) is 1.85. The number of nitriles is 1. The zero-order chi connectivity index (χ0) is 20.4. The van der Waals surface area contributed by atoms with Crippen molar-refractivity contribution in [3.05, 3.63) is 89.2 Å². The number of benzene rings is 2. The summed E-state index contributed by atoms with van der Waals surface area (Å²) in [6, 6.07) is 17.0. The third-order valence-electron chi connectivity index (χ3n) is 4.01. The van der Waals surface area contributed by atoms with Gasteiger partial charge in [-0.05, 0) is 36.4 Å². The normalized spacial score (nSPS) is 10.7. The summed E-state index contributed by atoms with van der Waals surface area (Å²) in [5.74, 6) is -1.69. The second-order valence-corrected chi connectivity index (χ2v) is 7.54. The minimum absolute atomic E-state index is 0.107. The minimum Gasteiger partial charge on any atom is -0.231 e. The van der Waals surface area contributed by atoms with Gasteiger partial charge >= 0.3 is 0 Å². The molecule has 2 heterocycles. The average molecular weight is 425 g/mol. The second kappa shape index (κ2) is 8.03. The smallest absolute Gasteiger partial charge is 0.189 e. The van der Waals surface area contributed by atoms with E-state index in [0.29, 0.717) is 16.3 Å². The number of hydrogen-bond donors (Lipinski definition) is 0. The van der Waals surface area contributed by atoms with Gasteiger partial charge in [0.15, 0.2) is 11.6 Å². The number of halogens is 3. The molecule has 142 valence electrons. The van der Waals surface area contributed by atoms with E-state index in [1.54, 1.807) is 42.6 Å². The first kappa shape index (κ1) is 19.1. The van der Waals surface area contributed by atoms with Crippen LogP contribution in [-0.4, -0.2) is 14.8 Å². The molecular weight excluding hydrogens is 414 g/mol. The fraction of sp³-hybridized carbons (Fsp3) is 0. The van der Waals surface area contributed by atoms with Gasteiger partial charge in [0, 0.05) is 27.7 Å². The van der Waals surface area contributed by atoms with Crippen molar-refractivity contribution in [2.45, 2.75) is 9.79 Å². The van der Waals surface area contributed by atoms with Gasteiger partial charge in [-0.25, -0.2) is 18.4 Å². The van der Waals surface area contributed by atoms with E-state index >= 15 is 0 Å². The number of hydrogen-bond acceptors (Lipinski definition) is 4. The van der Waals surface area contributed by atoms with Crippen LogP contribution in [0.1, 0.15) is 5.56 Å². The van der Waals surface area contributed by atoms with E-state index in [1.165, 1.54) is 16.4 Å². The first-order valence-electron chi connectivity index (χ1n) is 8.38. The zero-order valence-corrected chi connectivity index (χ0v) is 16.3. The molecule has 0 spiro atoms. The summed E-state index contributed by atoms with van der Waals surface area (Å²) < 4.78 is 28.7. The SMILES string of the molecule is N#Cc1ccc(-c2nn(-c3ncc(F)cc3F)cc2Sc2ccc(Cl)cc2)cc1. The molecule has 8 heteroatoms. The van der Waals surface area contributed by atoms with Crippen LogP contribution >= 0.6 is 23.4 Å². The molecule has 0 aliphatic heterocycles. The fourth-order valence-corrected chi connectivity index (χ4v) is 3.71. The van der Waals surface area contributed by atoms with E-state index in [9.17, 15) is 8.78 Å². The first-order valence-corrected chi connectivity index (χ1v) is 9.58. The maximum absolute atomic E-state index is 14.2. The Labute approximate surface area is 174 Å². The van der Waals surface area contributed by atoms with E-state index in [-0.39, 0.29) is 5.82 Å². The van der Waals surface area contributed by atoms with Crippen molar-refractivity contribution in [3.63, 3.8) is 0 Å². The predicted molar refractivity (Wildman–Crippen MR) is 107 cm³/mol. The standard InChI is InChI=1S/C21H11ClF2N4S/c22-15-5-7-17(8-6-15)29-19-12-28(21-18(24)9-16(23)11-26-21)27-20(19)14-3-1-13(10-25)2-4-14/h1-9,11-12H. The summed E-state index contributed by atoms with van der Waals surface area (Å²) in [6.45, 7) is 0. The second-order valence-electron chi connectivity index (χ2n) is 5.99. The van der Waals surface area contributed by atoms with Crippen molar-refractivity contribution in [2.75, 3.05) is 0 Å². The molecule has 0 amide bonds. The predicted octanol–water partition coefficient (Wildman–Crippen LogP) is 5.89. The molecule has 4 rings (SSSR count). The van der Waals surface area contributed by atoms with Crippen molar-refractivity contribution in [1.29, 1.82) is 5.26 Å². The van der Waals surface area contributed by atoms with Gasteiger partial charge in [-0.15, -0.1) is 0 Å². The zero-order valence-electron chi connectivity index (χ0n) is 14.7. The lowest BCUT2D eigenvalue weighted by atomic mass is 10.1. The van der Waals surface area contributed by atoms with E-state index in [2.05, 4.69) is 16.2 Å². The van der Waals surface area contributed by atoms with Gasteiger partial charge in [0.1, 0.15) is 11.5 Å². The van der Waals surface area contributed by atoms with Crippen molar-refractivity contribution < 1.29 is 8.78 Å². The van der Waals surface area contributed by atoms with Crippen molar-refractivity contribution in [3.8, 4) is 23.1 Å². The summed E-state index contributed by atoms with van der Waals surface area (Å²) in [6.07, 6.45) is 2.57. The summed E-state index contributed by atoms with van der Waals surface area (Å²) in [4.78, 5) is 5.47. The molecule has 0 aliphatic rings. The molecule has 0 saturated heterocycles. The van der Waals surface area contributed by atoms with Crippen LogP contribution in [0.25, 0.3) is 17.1 Å². The van der Waals surface area contributed by atoms with Gasteiger partial charge in [0.05, 0.1) is 22.7 Å². The molecule has 0 N–H and O–H groups in total. The molecule has 0 fully saturated rings. The Morgan fingerprint density at radius 3 is 2.41 bits per heavy atom. The Balaban J connectivity index is 1.81. The molecule has 0 bridgehead atoms. The molecule has 0 aliphatic carbocycles. The van der Waals surface area contributed by atoms with Crippen LogP contribution < -0.4 is 0 Å². The highest BCUT2D eigenvalue weighted by atomic mass is 35.5. The van der Waals surface area contributed by atoms with Gasteiger partial charge in [0.25, 0.3) is 0 Å². The van der Waals surface area contributed by atoms with Gasteiger partial charge in [-0.3, -0.25) is 0 Å². The number of rotatable bonds is 4. The van der Waals surface area contributed by atoms with Crippen LogP contribution in [0.4, 0.5) is 8.78 Å². The Bertz CT molecular complexity index is 1220. The Morgan fingerprint density at radius 1 is 1.03 bits per heavy atom. The molecule has 0 unspecified atom stereocenters. The third kappa shape index (κ3) is 4.14. The summed E-state index contributed by atoms with van der Waals surface area (Å²) in [7, 11) is 0. The van der Waals surface area contributed by atoms with Gasteiger partial charge in [-0.1, -0.05) is 35.5 Å². The van der Waals surface area contributed by atoms with Gasteiger partial charge in [-0.2, -0.15) is 10.4 Å². The van der Waals surface area contributed by atoms with Crippen LogP contribution in [0.5, 0.6) is 0 Å². The fourth-order valence-electron chi connectivity index (χ4n) is 2.65. The number of pyridine rings is 1. The maximum atomic E-state index is 14.2. The van der Waals surface area contributed by atoms with Crippen LogP contribution in [0.2, 0.25) is 5.02 Å². The lowest BCUT2D eigenvalue weighted by Crippen LogP contribution is -2.02. The van der Waals surface area contributed by atoms with E-state index in [0.717, 1.165) is 27.6 Å². The number of aromatic nitrogens is 3. The highest BCUT2D eigenvalue weighted by Gasteiger charge is 2.17. The van der Waals surface area contributed by atoms with Crippen LogP contribution in [-0.2, 0) is 0 Å². The largest absolute Gasteiger partial charge is 0.231 e. The molecule has 4 nitrogen and oxygen atoms in total. The topological polar surface area (TPSA) is 54.5 Å². The summed E-state index contributed by atoms with van der Waals surface area (Å²) in [5, 5.41) is 14.1. The molecule has 2 aromatic carbocycles. The lowest BCUT2D eigenvalue weighted by molar-refractivity contribution is 0.560. The van der Waals surface area contributed by atoms with Crippen molar-refractivity contribution in [1.82, 2.24) is 14.8 Å². The third-order valence-corrected chi connectivity index (χ3v) is 5.29. The molecular formula is C21H11ClF2N4S. The van der Waals surface area contributed by atoms with Crippen LogP contribution in [0.3, 0.4) is 0 Å². The average Bonchev–Trinajstić information content (AvgIpc) is 3.13. The molecule has 0 saturated carbocycles. The Morgan fingerprint density at radius 2 is 1.76 bits per heavy atom. The Kier molecular flexibility index (Phi) is 5.30. The van der Waals surface area contributed by atoms with E-state index in [1.807, 2.05) is 12.1 Å². The highest BCUT2D eigenvalue weighted by molar-refractivity contribution is 7.99. The van der Waals surface area contributed by atoms with Crippen molar-refractivity contribution in [2.24, 2.45) is 0 Å². The molecule has 0 radical (unpaired) electrons. The molecule has 4 aromatic rings. The Hall–Kier alpha value is -3.21. The van der Waals surface area contributed by atoms with Crippen molar-refractivity contribution >= 4 is 23.4 Å². The van der Waals surface area contributed by atoms with E-state index in [4.69, 9.17) is 16.9 Å². The molecule has 0 atom stereocenters. The lowest BCUT2D eigenvalue weighted by Gasteiger charge is -2.03. The first-order chi connectivity index (χ1) is 14.0. The van der Waals surface area contributed by atoms with Crippen LogP contribution in [0.15, 0.2) is 76.8 Å². The van der Waals surface area contributed by atoms with E-state index < -0.39 is 11.6 Å². The minimum atomic E-state index is -0.818. The molecule has 29 heavy (non-hydrogen) atoms. The van der Waals surface area contributed by atoms with Crippen LogP contribution in [0, 0.1) is 23.0 Å².